The Morgan fingerprint density at radius 3 is 2.95 bits per heavy atom. The average molecular weight is 293 g/mol. The van der Waals surface area contributed by atoms with Gasteiger partial charge in [-0.05, 0) is 12.5 Å². The van der Waals surface area contributed by atoms with E-state index >= 15 is 0 Å². The van der Waals surface area contributed by atoms with E-state index in [0.29, 0.717) is 31.2 Å². The molecule has 0 bridgehead atoms. The zero-order chi connectivity index (χ0) is 15.1. The lowest BCUT2D eigenvalue weighted by Crippen LogP contribution is -2.27. The number of carbonyl (C=O) groups is 1. The SMILES string of the molecule is CCCNc1ncc(F)cc1C(=O)NCCc1ncno1. The fourth-order valence-corrected chi connectivity index (χ4v) is 1.68. The van der Waals surface area contributed by atoms with Crippen molar-refractivity contribution in [3.05, 3.63) is 35.9 Å². The van der Waals surface area contributed by atoms with Crippen LogP contribution < -0.4 is 10.6 Å². The Bertz CT molecular complexity index is 588. The quantitative estimate of drug-likeness (QED) is 0.801. The molecule has 21 heavy (non-hydrogen) atoms. The highest BCUT2D eigenvalue weighted by Crippen LogP contribution is 2.13. The van der Waals surface area contributed by atoms with Crippen LogP contribution in [0.15, 0.2) is 23.1 Å². The van der Waals surface area contributed by atoms with E-state index in [1.165, 1.54) is 6.33 Å². The van der Waals surface area contributed by atoms with Crippen LogP contribution in [0, 0.1) is 5.82 Å². The maximum atomic E-state index is 13.3. The van der Waals surface area contributed by atoms with Crippen molar-refractivity contribution in [3.8, 4) is 0 Å². The summed E-state index contributed by atoms with van der Waals surface area (Å²) in [7, 11) is 0. The first-order valence-electron chi connectivity index (χ1n) is 6.64. The van der Waals surface area contributed by atoms with Gasteiger partial charge in [0.25, 0.3) is 5.91 Å². The van der Waals surface area contributed by atoms with Crippen LogP contribution in [0.25, 0.3) is 0 Å². The van der Waals surface area contributed by atoms with Gasteiger partial charge in [-0.25, -0.2) is 9.37 Å². The normalized spacial score (nSPS) is 10.4. The summed E-state index contributed by atoms with van der Waals surface area (Å²) in [6, 6.07) is 1.16. The summed E-state index contributed by atoms with van der Waals surface area (Å²) in [5.74, 6) is -0.162. The van der Waals surface area contributed by atoms with E-state index < -0.39 is 11.7 Å². The van der Waals surface area contributed by atoms with Gasteiger partial charge in [-0.1, -0.05) is 12.1 Å². The molecule has 0 aromatic carbocycles. The van der Waals surface area contributed by atoms with Gasteiger partial charge in [0, 0.05) is 19.5 Å². The summed E-state index contributed by atoms with van der Waals surface area (Å²) < 4.78 is 18.1. The average Bonchev–Trinajstić information content (AvgIpc) is 2.99. The summed E-state index contributed by atoms with van der Waals surface area (Å²) in [6.45, 7) is 2.95. The second-order valence-electron chi connectivity index (χ2n) is 4.32. The summed E-state index contributed by atoms with van der Waals surface area (Å²) in [5.41, 5.74) is 0.175. The Labute approximate surface area is 121 Å². The van der Waals surface area contributed by atoms with E-state index in [-0.39, 0.29) is 5.56 Å². The lowest BCUT2D eigenvalue weighted by atomic mass is 10.2. The fourth-order valence-electron chi connectivity index (χ4n) is 1.68. The maximum absolute atomic E-state index is 13.3. The lowest BCUT2D eigenvalue weighted by molar-refractivity contribution is 0.0953. The molecule has 2 N–H and O–H groups in total. The Hall–Kier alpha value is -2.51. The number of hydrogen-bond acceptors (Lipinski definition) is 6. The lowest BCUT2D eigenvalue weighted by Gasteiger charge is -2.10. The minimum absolute atomic E-state index is 0.175. The number of nitrogens with one attached hydrogen (secondary N) is 2. The largest absolute Gasteiger partial charge is 0.369 e. The van der Waals surface area contributed by atoms with E-state index in [2.05, 4.69) is 25.8 Å². The van der Waals surface area contributed by atoms with Crippen molar-refractivity contribution < 1.29 is 13.7 Å². The summed E-state index contributed by atoms with van der Waals surface area (Å²) in [6.07, 6.45) is 3.65. The van der Waals surface area contributed by atoms with Crippen LogP contribution in [0.1, 0.15) is 29.6 Å². The molecule has 7 nitrogen and oxygen atoms in total. The van der Waals surface area contributed by atoms with Crippen molar-refractivity contribution >= 4 is 11.7 Å². The molecule has 0 aliphatic rings. The third kappa shape index (κ3) is 4.23. The van der Waals surface area contributed by atoms with Crippen molar-refractivity contribution in [2.24, 2.45) is 0 Å². The molecule has 2 rings (SSSR count). The third-order valence-corrected chi connectivity index (χ3v) is 2.67. The van der Waals surface area contributed by atoms with Crippen molar-refractivity contribution in [3.63, 3.8) is 0 Å². The predicted octanol–water partition coefficient (Wildman–Crippen LogP) is 1.40. The van der Waals surface area contributed by atoms with Gasteiger partial charge < -0.3 is 15.2 Å². The minimum Gasteiger partial charge on any atom is -0.369 e. The fraction of sp³-hybridized carbons (Fsp3) is 0.385. The molecule has 0 radical (unpaired) electrons. The topological polar surface area (TPSA) is 92.9 Å². The van der Waals surface area contributed by atoms with Gasteiger partial charge >= 0.3 is 0 Å². The van der Waals surface area contributed by atoms with Crippen LogP contribution in [-0.2, 0) is 6.42 Å². The smallest absolute Gasteiger partial charge is 0.255 e. The van der Waals surface area contributed by atoms with Crippen LogP contribution in [0.5, 0.6) is 0 Å². The van der Waals surface area contributed by atoms with Gasteiger partial charge in [0.2, 0.25) is 5.89 Å². The Balaban J connectivity index is 1.98. The number of aromatic nitrogens is 3. The van der Waals surface area contributed by atoms with Crippen LogP contribution in [0.4, 0.5) is 10.2 Å². The highest BCUT2D eigenvalue weighted by atomic mass is 19.1. The van der Waals surface area contributed by atoms with Gasteiger partial charge in [-0.2, -0.15) is 4.98 Å². The predicted molar refractivity (Wildman–Crippen MR) is 73.3 cm³/mol. The molecule has 0 saturated carbocycles. The Morgan fingerprint density at radius 1 is 1.38 bits per heavy atom. The van der Waals surface area contributed by atoms with Gasteiger partial charge in [-0.15, -0.1) is 0 Å². The van der Waals surface area contributed by atoms with Gasteiger partial charge in [0.15, 0.2) is 6.33 Å². The molecule has 112 valence electrons. The molecule has 0 atom stereocenters. The number of rotatable bonds is 7. The van der Waals surface area contributed by atoms with Crippen molar-refractivity contribution in [2.75, 3.05) is 18.4 Å². The zero-order valence-corrected chi connectivity index (χ0v) is 11.6. The Morgan fingerprint density at radius 2 is 2.24 bits per heavy atom. The second-order valence-corrected chi connectivity index (χ2v) is 4.32. The Kier molecular flexibility index (Phi) is 5.19. The molecule has 0 fully saturated rings. The first-order valence-corrected chi connectivity index (χ1v) is 6.64. The molecular formula is C13H16FN5O2. The molecule has 0 spiro atoms. The molecule has 2 aromatic rings. The summed E-state index contributed by atoms with van der Waals surface area (Å²) in [4.78, 5) is 19.8. The third-order valence-electron chi connectivity index (χ3n) is 2.67. The van der Waals surface area contributed by atoms with E-state index in [1.807, 2.05) is 6.92 Å². The molecule has 1 amide bonds. The van der Waals surface area contributed by atoms with E-state index in [0.717, 1.165) is 18.7 Å². The van der Waals surface area contributed by atoms with Gasteiger partial charge in [-0.3, -0.25) is 4.79 Å². The molecule has 0 saturated heterocycles. The number of carbonyl (C=O) groups excluding carboxylic acids is 1. The van der Waals surface area contributed by atoms with Gasteiger partial charge in [0.1, 0.15) is 11.6 Å². The molecule has 2 heterocycles. The highest BCUT2D eigenvalue weighted by molar-refractivity contribution is 5.98. The standard InChI is InChI=1S/C13H16FN5O2/c1-2-4-15-12-10(6-9(14)7-17-12)13(20)16-5-3-11-18-8-19-21-11/h6-8H,2-5H2,1H3,(H,15,17)(H,16,20). The number of pyridine rings is 1. The minimum atomic E-state index is -0.556. The monoisotopic (exact) mass is 293 g/mol. The maximum Gasteiger partial charge on any atom is 0.255 e. The number of anilines is 1. The van der Waals surface area contributed by atoms with Crippen molar-refractivity contribution in [2.45, 2.75) is 19.8 Å². The number of amides is 1. The summed E-state index contributed by atoms with van der Waals surface area (Å²) >= 11 is 0. The molecule has 0 unspecified atom stereocenters. The number of nitrogens with zero attached hydrogens (tertiary/aromatic N) is 3. The molecule has 0 aliphatic carbocycles. The molecule has 0 aliphatic heterocycles. The first-order chi connectivity index (χ1) is 10.2. The molecule has 2 aromatic heterocycles. The summed E-state index contributed by atoms with van der Waals surface area (Å²) in [5, 5.41) is 9.13. The van der Waals surface area contributed by atoms with Crippen molar-refractivity contribution in [1.29, 1.82) is 0 Å². The molecule has 8 heteroatoms. The first kappa shape index (κ1) is 14.9. The van der Waals surface area contributed by atoms with E-state index in [1.54, 1.807) is 0 Å². The zero-order valence-electron chi connectivity index (χ0n) is 11.6. The van der Waals surface area contributed by atoms with Crippen LogP contribution in [0.3, 0.4) is 0 Å². The van der Waals surface area contributed by atoms with Crippen LogP contribution in [-0.4, -0.2) is 34.1 Å². The number of halogens is 1. The van der Waals surface area contributed by atoms with Gasteiger partial charge in [0.05, 0.1) is 11.8 Å². The van der Waals surface area contributed by atoms with Crippen molar-refractivity contribution in [1.82, 2.24) is 20.4 Å². The number of hydrogen-bond donors (Lipinski definition) is 2. The second kappa shape index (κ2) is 7.32. The highest BCUT2D eigenvalue weighted by Gasteiger charge is 2.14. The van der Waals surface area contributed by atoms with E-state index in [4.69, 9.17) is 4.52 Å². The molecular weight excluding hydrogens is 277 g/mol. The van der Waals surface area contributed by atoms with Crippen LogP contribution in [0.2, 0.25) is 0 Å². The van der Waals surface area contributed by atoms with Crippen LogP contribution >= 0.6 is 0 Å². The van der Waals surface area contributed by atoms with E-state index in [9.17, 15) is 9.18 Å².